The van der Waals surface area contributed by atoms with Gasteiger partial charge in [0.2, 0.25) is 0 Å². The van der Waals surface area contributed by atoms with Gasteiger partial charge in [0, 0.05) is 6.42 Å². The molecule has 0 heterocycles. The summed E-state index contributed by atoms with van der Waals surface area (Å²) in [7, 11) is 0. The molecule has 12 heavy (non-hydrogen) atoms. The molecule has 1 fully saturated rings. The van der Waals surface area contributed by atoms with Crippen LogP contribution >= 0.6 is 0 Å². The third kappa shape index (κ3) is 1.91. The van der Waals surface area contributed by atoms with Gasteiger partial charge in [0.25, 0.3) is 0 Å². The van der Waals surface area contributed by atoms with Gasteiger partial charge in [-0.3, -0.25) is 0 Å². The third-order valence-corrected chi connectivity index (χ3v) is 3.11. The van der Waals surface area contributed by atoms with E-state index >= 15 is 0 Å². The predicted molar refractivity (Wildman–Crippen MR) is 53.8 cm³/mol. The average Bonchev–Trinajstić information content (AvgIpc) is 2.34. The Morgan fingerprint density at radius 3 is 2.92 bits per heavy atom. The summed E-state index contributed by atoms with van der Waals surface area (Å²) in [6.07, 6.45) is 12.4. The second-order valence-corrected chi connectivity index (χ2v) is 4.08. The first-order valence-electron chi connectivity index (χ1n) is 4.81. The van der Waals surface area contributed by atoms with Crippen LogP contribution in [0.3, 0.4) is 0 Å². The molecule has 0 spiro atoms. The molecule has 0 bridgehead atoms. The quantitative estimate of drug-likeness (QED) is 0.338. The van der Waals surface area contributed by atoms with Crippen molar-refractivity contribution in [2.75, 3.05) is 0 Å². The molecule has 0 aliphatic heterocycles. The van der Waals surface area contributed by atoms with Gasteiger partial charge in [-0.2, -0.15) is 0 Å². The molecule has 66 valence electrons. The molecule has 0 aromatic rings. The summed E-state index contributed by atoms with van der Waals surface area (Å²) in [5.74, 6) is 2.69. The fourth-order valence-corrected chi connectivity index (χ4v) is 2.05. The fourth-order valence-electron chi connectivity index (χ4n) is 2.05. The molecule has 0 N–H and O–H groups in total. The van der Waals surface area contributed by atoms with Crippen LogP contribution in [0.4, 0.5) is 0 Å². The van der Waals surface area contributed by atoms with Gasteiger partial charge in [0.15, 0.2) is 0 Å². The highest BCUT2D eigenvalue weighted by atomic mass is 14.4. The Morgan fingerprint density at radius 1 is 1.67 bits per heavy atom. The molecular weight excluding hydrogens is 144 g/mol. The summed E-state index contributed by atoms with van der Waals surface area (Å²) in [6.45, 7) is 6.47. The van der Waals surface area contributed by atoms with E-state index in [0.29, 0.717) is 5.41 Å². The Balaban J connectivity index is 2.39. The van der Waals surface area contributed by atoms with Gasteiger partial charge in [-0.25, -0.2) is 0 Å². The van der Waals surface area contributed by atoms with Gasteiger partial charge in [0.05, 0.1) is 0 Å². The standard InChI is InChI=1S/C12H18/c1-4-5-6-9-12(3)10-7-8-11(12)2/h1H,2,5-10H2,3H3/t12-/m1/s1. The molecule has 1 atom stereocenters. The van der Waals surface area contributed by atoms with Crippen LogP contribution < -0.4 is 0 Å². The van der Waals surface area contributed by atoms with Gasteiger partial charge in [0.1, 0.15) is 0 Å². The van der Waals surface area contributed by atoms with Crippen molar-refractivity contribution in [3.05, 3.63) is 12.2 Å². The van der Waals surface area contributed by atoms with E-state index in [1.54, 1.807) is 0 Å². The minimum absolute atomic E-state index is 0.414. The molecular formula is C12H18. The van der Waals surface area contributed by atoms with E-state index in [2.05, 4.69) is 19.4 Å². The van der Waals surface area contributed by atoms with E-state index in [-0.39, 0.29) is 0 Å². The highest BCUT2D eigenvalue weighted by Crippen LogP contribution is 2.45. The number of hydrogen-bond acceptors (Lipinski definition) is 0. The SMILES string of the molecule is C#CCCC[C@]1(C)CCCC1=C. The third-order valence-electron chi connectivity index (χ3n) is 3.11. The van der Waals surface area contributed by atoms with E-state index in [1.165, 1.54) is 31.3 Å². The Morgan fingerprint density at radius 2 is 2.42 bits per heavy atom. The van der Waals surface area contributed by atoms with E-state index in [1.807, 2.05) is 0 Å². The van der Waals surface area contributed by atoms with Gasteiger partial charge in [-0.05, 0) is 37.5 Å². The zero-order chi connectivity index (χ0) is 9.03. The summed E-state index contributed by atoms with van der Waals surface area (Å²) in [4.78, 5) is 0. The topological polar surface area (TPSA) is 0 Å². The molecule has 1 aliphatic rings. The van der Waals surface area contributed by atoms with Crippen molar-refractivity contribution in [1.82, 2.24) is 0 Å². The van der Waals surface area contributed by atoms with Crippen LogP contribution in [0.5, 0.6) is 0 Å². The molecule has 0 radical (unpaired) electrons. The van der Waals surface area contributed by atoms with E-state index < -0.39 is 0 Å². The molecule has 0 aromatic carbocycles. The molecule has 1 rings (SSSR count). The van der Waals surface area contributed by atoms with Gasteiger partial charge in [-0.15, -0.1) is 12.3 Å². The lowest BCUT2D eigenvalue weighted by atomic mass is 9.80. The largest absolute Gasteiger partial charge is 0.120 e. The van der Waals surface area contributed by atoms with Gasteiger partial charge < -0.3 is 0 Å². The first kappa shape index (κ1) is 9.39. The smallest absolute Gasteiger partial charge is 0.00863 e. The minimum Gasteiger partial charge on any atom is -0.120 e. The molecule has 1 saturated carbocycles. The lowest BCUT2D eigenvalue weighted by molar-refractivity contribution is 0.367. The number of unbranched alkanes of at least 4 members (excludes halogenated alkanes) is 1. The van der Waals surface area contributed by atoms with Crippen molar-refractivity contribution in [2.45, 2.75) is 45.4 Å². The summed E-state index contributed by atoms with van der Waals surface area (Å²) in [5.41, 5.74) is 1.86. The molecule has 0 heteroatoms. The minimum atomic E-state index is 0.414. The zero-order valence-electron chi connectivity index (χ0n) is 8.03. The van der Waals surface area contributed by atoms with Crippen molar-refractivity contribution >= 4 is 0 Å². The first-order valence-corrected chi connectivity index (χ1v) is 4.81. The van der Waals surface area contributed by atoms with Crippen LogP contribution in [-0.2, 0) is 0 Å². The number of rotatable bonds is 3. The molecule has 0 nitrogen and oxygen atoms in total. The summed E-state index contributed by atoms with van der Waals surface area (Å²) >= 11 is 0. The summed E-state index contributed by atoms with van der Waals surface area (Å²) < 4.78 is 0. The Labute approximate surface area is 76.1 Å². The lowest BCUT2D eigenvalue weighted by Gasteiger charge is -2.24. The van der Waals surface area contributed by atoms with Crippen LogP contribution in [0.15, 0.2) is 12.2 Å². The Kier molecular flexibility index (Phi) is 2.98. The normalized spacial score (nSPS) is 28.8. The highest BCUT2D eigenvalue weighted by Gasteiger charge is 2.31. The average molecular weight is 162 g/mol. The maximum atomic E-state index is 5.22. The number of terminal acetylenes is 1. The van der Waals surface area contributed by atoms with E-state index in [4.69, 9.17) is 6.42 Å². The summed E-state index contributed by atoms with van der Waals surface area (Å²) in [6, 6.07) is 0. The number of allylic oxidation sites excluding steroid dienone is 1. The van der Waals surface area contributed by atoms with E-state index in [9.17, 15) is 0 Å². The second-order valence-electron chi connectivity index (χ2n) is 4.08. The maximum absolute atomic E-state index is 5.22. The van der Waals surface area contributed by atoms with Crippen molar-refractivity contribution < 1.29 is 0 Å². The molecule has 0 amide bonds. The van der Waals surface area contributed by atoms with Gasteiger partial charge in [-0.1, -0.05) is 19.1 Å². The lowest BCUT2D eigenvalue weighted by Crippen LogP contribution is -2.12. The molecule has 0 aromatic heterocycles. The van der Waals surface area contributed by atoms with Crippen LogP contribution in [-0.4, -0.2) is 0 Å². The number of hydrogen-bond donors (Lipinski definition) is 0. The van der Waals surface area contributed by atoms with Gasteiger partial charge >= 0.3 is 0 Å². The van der Waals surface area contributed by atoms with E-state index in [0.717, 1.165) is 12.8 Å². The van der Waals surface area contributed by atoms with Crippen molar-refractivity contribution in [3.63, 3.8) is 0 Å². The first-order chi connectivity index (χ1) is 5.69. The van der Waals surface area contributed by atoms with Crippen LogP contribution in [0.1, 0.15) is 45.4 Å². The Bertz CT molecular complexity index is 207. The highest BCUT2D eigenvalue weighted by molar-refractivity contribution is 5.13. The van der Waals surface area contributed by atoms with Crippen LogP contribution in [0, 0.1) is 17.8 Å². The van der Waals surface area contributed by atoms with Crippen molar-refractivity contribution in [3.8, 4) is 12.3 Å². The van der Waals surface area contributed by atoms with Crippen LogP contribution in [0.25, 0.3) is 0 Å². The monoisotopic (exact) mass is 162 g/mol. The second kappa shape index (κ2) is 3.81. The molecule has 0 unspecified atom stereocenters. The summed E-state index contributed by atoms with van der Waals surface area (Å²) in [5, 5.41) is 0. The predicted octanol–water partition coefficient (Wildman–Crippen LogP) is 3.54. The molecule has 1 aliphatic carbocycles. The zero-order valence-corrected chi connectivity index (χ0v) is 8.03. The Hall–Kier alpha value is -0.700. The fraction of sp³-hybridized carbons (Fsp3) is 0.667. The maximum Gasteiger partial charge on any atom is 0.00863 e. The van der Waals surface area contributed by atoms with Crippen molar-refractivity contribution in [2.24, 2.45) is 5.41 Å². The molecule has 0 saturated heterocycles. The van der Waals surface area contributed by atoms with Crippen LogP contribution in [0.2, 0.25) is 0 Å². The van der Waals surface area contributed by atoms with Crippen molar-refractivity contribution in [1.29, 1.82) is 0 Å².